The van der Waals surface area contributed by atoms with Gasteiger partial charge in [0.1, 0.15) is 5.56 Å². The Morgan fingerprint density at radius 3 is 1.93 bits per heavy atom. The number of rotatable bonds is 3. The Hall–Kier alpha value is -2.64. The van der Waals surface area contributed by atoms with Crippen molar-refractivity contribution in [3.8, 4) is 0 Å². The zero-order valence-corrected chi connectivity index (χ0v) is 15.6. The zero-order chi connectivity index (χ0) is 19.6. The summed E-state index contributed by atoms with van der Waals surface area (Å²) in [4.78, 5) is 38.9. The van der Waals surface area contributed by atoms with Crippen molar-refractivity contribution in [1.82, 2.24) is 9.80 Å². The van der Waals surface area contributed by atoms with Crippen LogP contribution in [0.5, 0.6) is 0 Å². The van der Waals surface area contributed by atoms with E-state index in [1.54, 1.807) is 29.2 Å². The lowest BCUT2D eigenvalue weighted by Gasteiger charge is -2.34. The third-order valence-corrected chi connectivity index (χ3v) is 4.82. The highest BCUT2D eigenvalue weighted by Crippen LogP contribution is 2.25. The second-order valence-corrected chi connectivity index (χ2v) is 6.88. The van der Waals surface area contributed by atoms with Crippen LogP contribution < -0.4 is 0 Å². The Kier molecular flexibility index (Phi) is 5.62. The molecule has 1 fully saturated rings. The van der Waals surface area contributed by atoms with Gasteiger partial charge in [-0.2, -0.15) is 0 Å². The average Bonchev–Trinajstić information content (AvgIpc) is 2.67. The molecule has 1 saturated heterocycles. The summed E-state index contributed by atoms with van der Waals surface area (Å²) in [5.41, 5.74) is 0.182. The van der Waals surface area contributed by atoms with Gasteiger partial charge in [-0.3, -0.25) is 19.7 Å². The van der Waals surface area contributed by atoms with Crippen molar-refractivity contribution in [2.24, 2.45) is 0 Å². The predicted octanol–water partition coefficient (Wildman–Crippen LogP) is 3.50. The lowest BCUT2D eigenvalue weighted by atomic mass is 10.1. The molecule has 27 heavy (non-hydrogen) atoms. The van der Waals surface area contributed by atoms with E-state index in [2.05, 4.69) is 0 Å². The molecule has 140 valence electrons. The monoisotopic (exact) mass is 407 g/mol. The topological polar surface area (TPSA) is 83.8 Å². The average molecular weight is 408 g/mol. The molecule has 1 aliphatic rings. The molecule has 0 saturated carbocycles. The van der Waals surface area contributed by atoms with E-state index >= 15 is 0 Å². The van der Waals surface area contributed by atoms with Crippen LogP contribution >= 0.6 is 23.2 Å². The van der Waals surface area contributed by atoms with Crippen molar-refractivity contribution in [1.29, 1.82) is 0 Å². The number of piperazine rings is 1. The van der Waals surface area contributed by atoms with Crippen LogP contribution in [0.1, 0.15) is 20.7 Å². The number of halogens is 2. The van der Waals surface area contributed by atoms with E-state index in [9.17, 15) is 19.7 Å². The minimum absolute atomic E-state index is 0.0122. The van der Waals surface area contributed by atoms with Gasteiger partial charge in [0.15, 0.2) is 0 Å². The first-order valence-electron chi connectivity index (χ1n) is 8.15. The quantitative estimate of drug-likeness (QED) is 0.575. The van der Waals surface area contributed by atoms with E-state index in [1.165, 1.54) is 17.0 Å². The van der Waals surface area contributed by atoms with E-state index in [1.807, 2.05) is 0 Å². The summed E-state index contributed by atoms with van der Waals surface area (Å²) >= 11 is 11.6. The lowest BCUT2D eigenvalue weighted by Crippen LogP contribution is -2.50. The summed E-state index contributed by atoms with van der Waals surface area (Å²) in [6, 6.07) is 10.6. The molecule has 2 amide bonds. The van der Waals surface area contributed by atoms with Crippen LogP contribution in [0.15, 0.2) is 42.5 Å². The maximum atomic E-state index is 12.7. The van der Waals surface area contributed by atoms with Gasteiger partial charge in [-0.25, -0.2) is 0 Å². The molecule has 0 radical (unpaired) electrons. The predicted molar refractivity (Wildman–Crippen MR) is 101 cm³/mol. The lowest BCUT2D eigenvalue weighted by molar-refractivity contribution is -0.385. The van der Waals surface area contributed by atoms with Crippen molar-refractivity contribution in [3.05, 3.63) is 73.8 Å². The highest BCUT2D eigenvalue weighted by atomic mass is 35.5. The van der Waals surface area contributed by atoms with Gasteiger partial charge in [0.25, 0.3) is 17.5 Å². The molecular formula is C18H15Cl2N3O4. The molecule has 9 heteroatoms. The van der Waals surface area contributed by atoms with E-state index < -0.39 is 10.8 Å². The van der Waals surface area contributed by atoms with Crippen LogP contribution in [0.4, 0.5) is 5.69 Å². The number of carbonyl (C=O) groups excluding carboxylic acids is 2. The van der Waals surface area contributed by atoms with Gasteiger partial charge < -0.3 is 9.80 Å². The summed E-state index contributed by atoms with van der Waals surface area (Å²) in [6.07, 6.45) is 0. The highest BCUT2D eigenvalue weighted by Gasteiger charge is 2.29. The fourth-order valence-electron chi connectivity index (χ4n) is 2.89. The number of amides is 2. The van der Waals surface area contributed by atoms with E-state index in [4.69, 9.17) is 23.2 Å². The number of benzene rings is 2. The van der Waals surface area contributed by atoms with Gasteiger partial charge in [-0.15, -0.1) is 0 Å². The Bertz CT molecular complexity index is 894. The first-order chi connectivity index (χ1) is 12.9. The third kappa shape index (κ3) is 4.20. The summed E-state index contributed by atoms with van der Waals surface area (Å²) in [5.74, 6) is -0.590. The van der Waals surface area contributed by atoms with E-state index in [-0.39, 0.29) is 35.3 Å². The highest BCUT2D eigenvalue weighted by molar-refractivity contribution is 6.31. The molecule has 2 aromatic carbocycles. The largest absolute Gasteiger partial charge is 0.335 e. The SMILES string of the molecule is O=C(c1ccc(Cl)cc1)N1CCN(C(=O)c2ccc(Cl)cc2[N+](=O)[O-])CC1. The summed E-state index contributed by atoms with van der Waals surface area (Å²) in [5, 5.41) is 11.9. The molecule has 0 N–H and O–H groups in total. The van der Waals surface area contributed by atoms with Crippen LogP contribution in [-0.2, 0) is 0 Å². The summed E-state index contributed by atoms with van der Waals surface area (Å²) < 4.78 is 0. The van der Waals surface area contributed by atoms with Crippen LogP contribution in [0.2, 0.25) is 10.0 Å². The third-order valence-electron chi connectivity index (χ3n) is 4.33. The van der Waals surface area contributed by atoms with Crippen molar-refractivity contribution in [2.75, 3.05) is 26.2 Å². The molecule has 1 aliphatic heterocycles. The normalized spacial score (nSPS) is 14.1. The van der Waals surface area contributed by atoms with Crippen LogP contribution in [-0.4, -0.2) is 52.7 Å². The maximum Gasteiger partial charge on any atom is 0.283 e. The first kappa shape index (κ1) is 19.1. The second-order valence-electron chi connectivity index (χ2n) is 6.01. The second kappa shape index (κ2) is 7.94. The fraction of sp³-hybridized carbons (Fsp3) is 0.222. The summed E-state index contributed by atoms with van der Waals surface area (Å²) in [6.45, 7) is 1.26. The molecule has 7 nitrogen and oxygen atoms in total. The molecule has 0 aromatic heterocycles. The summed E-state index contributed by atoms with van der Waals surface area (Å²) in [7, 11) is 0. The van der Waals surface area contributed by atoms with Crippen molar-refractivity contribution in [3.63, 3.8) is 0 Å². The molecule has 1 heterocycles. The van der Waals surface area contributed by atoms with Crippen molar-refractivity contribution in [2.45, 2.75) is 0 Å². The van der Waals surface area contributed by atoms with Gasteiger partial charge in [0.2, 0.25) is 0 Å². The molecule has 0 spiro atoms. The number of carbonyl (C=O) groups is 2. The number of nitro benzene ring substituents is 1. The Labute approximate surface area is 165 Å². The van der Waals surface area contributed by atoms with Crippen molar-refractivity contribution < 1.29 is 14.5 Å². The Balaban J connectivity index is 1.69. The molecular weight excluding hydrogens is 393 g/mol. The minimum Gasteiger partial charge on any atom is -0.335 e. The number of hydrogen-bond donors (Lipinski definition) is 0. The molecule has 0 atom stereocenters. The maximum absolute atomic E-state index is 12.7. The van der Waals surface area contributed by atoms with Crippen molar-refractivity contribution >= 4 is 40.7 Å². The zero-order valence-electron chi connectivity index (χ0n) is 14.1. The van der Waals surface area contributed by atoms with Gasteiger partial charge in [0, 0.05) is 47.9 Å². The minimum atomic E-state index is -0.626. The first-order valence-corrected chi connectivity index (χ1v) is 8.90. The molecule has 2 aromatic rings. The Morgan fingerprint density at radius 1 is 0.852 bits per heavy atom. The van der Waals surface area contributed by atoms with Gasteiger partial charge in [-0.05, 0) is 36.4 Å². The van der Waals surface area contributed by atoms with Gasteiger partial charge in [-0.1, -0.05) is 23.2 Å². The van der Waals surface area contributed by atoms with E-state index in [0.29, 0.717) is 23.7 Å². The standard InChI is InChI=1S/C18H15Cl2N3O4/c19-13-3-1-12(2-4-13)17(24)21-7-9-22(10-8-21)18(25)15-6-5-14(20)11-16(15)23(26)27/h1-6,11H,7-10H2. The van der Waals surface area contributed by atoms with Gasteiger partial charge in [0.05, 0.1) is 4.92 Å². The van der Waals surface area contributed by atoms with Crippen LogP contribution in [0, 0.1) is 10.1 Å². The molecule has 0 aliphatic carbocycles. The van der Waals surface area contributed by atoms with Crippen LogP contribution in [0.25, 0.3) is 0 Å². The van der Waals surface area contributed by atoms with Gasteiger partial charge >= 0.3 is 0 Å². The number of hydrogen-bond acceptors (Lipinski definition) is 4. The fourth-order valence-corrected chi connectivity index (χ4v) is 3.19. The Morgan fingerprint density at radius 2 is 1.37 bits per heavy atom. The number of nitro groups is 1. The smallest absolute Gasteiger partial charge is 0.283 e. The van der Waals surface area contributed by atoms with Crippen LogP contribution in [0.3, 0.4) is 0 Å². The molecule has 0 bridgehead atoms. The van der Waals surface area contributed by atoms with E-state index in [0.717, 1.165) is 6.07 Å². The number of nitrogens with zero attached hydrogens (tertiary/aromatic N) is 3. The molecule has 3 rings (SSSR count). The molecule has 0 unspecified atom stereocenters.